The van der Waals surface area contributed by atoms with Gasteiger partial charge in [-0.1, -0.05) is 76.3 Å². The molecule has 260 valence electrons. The lowest BCUT2D eigenvalue weighted by atomic mass is 10.1. The first-order valence-electron chi connectivity index (χ1n) is 17.8. The maximum Gasteiger partial charge on any atom is 0.223 e. The summed E-state index contributed by atoms with van der Waals surface area (Å²) in [4.78, 5) is 12.9. The zero-order valence-corrected chi connectivity index (χ0v) is 28.2. The molecule has 8 bridgehead atoms. The molecule has 0 saturated heterocycles. The van der Waals surface area contributed by atoms with E-state index >= 15 is 0 Å². The van der Waals surface area contributed by atoms with Crippen LogP contribution >= 0.6 is 0 Å². The molecule has 0 amide bonds. The highest BCUT2D eigenvalue weighted by molar-refractivity contribution is 5.57. The molecule has 1 aliphatic heterocycles. The van der Waals surface area contributed by atoms with Crippen LogP contribution in [0.2, 0.25) is 0 Å². The van der Waals surface area contributed by atoms with E-state index in [4.69, 9.17) is 9.97 Å². The Labute approximate surface area is 289 Å². The van der Waals surface area contributed by atoms with Crippen molar-refractivity contribution in [3.05, 3.63) is 36.4 Å². The molecule has 18 nitrogen and oxygen atoms in total. The molecule has 0 atom stereocenters. The molecule has 0 spiro atoms. The average Bonchev–Trinajstić information content (AvgIpc) is 3.98. The maximum absolute atomic E-state index is 4.78. The van der Waals surface area contributed by atoms with Gasteiger partial charge in [0.2, 0.25) is 23.3 Å². The second kappa shape index (κ2) is 16.8. The first-order valence-corrected chi connectivity index (χ1v) is 17.8. The molecule has 18 heteroatoms. The van der Waals surface area contributed by atoms with Gasteiger partial charge >= 0.3 is 0 Å². The average molecular weight is 679 g/mol. The summed E-state index contributed by atoms with van der Waals surface area (Å²) < 4.78 is 3.66. The Morgan fingerprint density at radius 1 is 0.380 bits per heavy atom. The zero-order valence-electron chi connectivity index (χ0n) is 28.2. The van der Waals surface area contributed by atoms with Gasteiger partial charge < -0.3 is 0 Å². The van der Waals surface area contributed by atoms with Gasteiger partial charge in [0.1, 0.15) is 22.8 Å². The topological polar surface area (TPSA) is 200 Å². The lowest BCUT2D eigenvalue weighted by molar-refractivity contribution is 0.468. The van der Waals surface area contributed by atoms with Crippen molar-refractivity contribution in [2.75, 3.05) is 0 Å². The number of pyridine rings is 2. The van der Waals surface area contributed by atoms with Gasteiger partial charge in [-0.25, -0.2) is 19.3 Å². The molecule has 6 aromatic heterocycles. The van der Waals surface area contributed by atoms with Crippen molar-refractivity contribution in [3.63, 3.8) is 0 Å². The Kier molecular flexibility index (Phi) is 11.1. The largest absolute Gasteiger partial charge is 0.241 e. The number of hydrogen-bond donors (Lipinski definition) is 0. The van der Waals surface area contributed by atoms with Gasteiger partial charge in [0.05, 0.1) is 13.1 Å². The number of fused-ring (bicyclic) bond motifs is 14. The second-order valence-electron chi connectivity index (χ2n) is 12.6. The molecular formula is C32H42N18. The summed E-state index contributed by atoms with van der Waals surface area (Å²) in [6, 6.07) is 11.5. The minimum atomic E-state index is 0.500. The Bertz CT molecular complexity index is 1780. The van der Waals surface area contributed by atoms with Crippen LogP contribution in [0.5, 0.6) is 0 Å². The predicted molar refractivity (Wildman–Crippen MR) is 180 cm³/mol. The Morgan fingerprint density at radius 3 is 1.20 bits per heavy atom. The summed E-state index contributed by atoms with van der Waals surface area (Å²) in [5.74, 6) is 2.29. The van der Waals surface area contributed by atoms with Gasteiger partial charge in [0.15, 0.2) is 0 Å². The first-order chi connectivity index (χ1) is 24.8. The van der Waals surface area contributed by atoms with E-state index in [1.165, 1.54) is 12.8 Å². The van der Waals surface area contributed by atoms with Gasteiger partial charge in [-0.15, -0.1) is 30.6 Å². The summed E-state index contributed by atoms with van der Waals surface area (Å²) in [7, 11) is 0. The summed E-state index contributed by atoms with van der Waals surface area (Å²) in [6.45, 7) is 2.91. The smallest absolute Gasteiger partial charge is 0.223 e. The number of aromatic nitrogens is 18. The van der Waals surface area contributed by atoms with Crippen LogP contribution in [0.4, 0.5) is 0 Å². The van der Waals surface area contributed by atoms with Crippen LogP contribution in [0, 0.1) is 0 Å². The Balaban J connectivity index is 0.977. The van der Waals surface area contributed by atoms with Crippen LogP contribution < -0.4 is 0 Å². The van der Waals surface area contributed by atoms with Crippen molar-refractivity contribution in [2.45, 2.75) is 116 Å². The van der Waals surface area contributed by atoms with Crippen molar-refractivity contribution in [3.8, 4) is 46.1 Å². The molecule has 50 heavy (non-hydrogen) atoms. The lowest BCUT2D eigenvalue weighted by Crippen LogP contribution is -2.05. The SMILES string of the molecule is c1cc2nc(c1)-c1nnnn1CCCCCCCCCn1nnc(n1)-c1cccc(n1)-c1nnnn1CCCCCCCCCn1nnc-2n1. The summed E-state index contributed by atoms with van der Waals surface area (Å²) in [5.41, 5.74) is 2.69. The normalized spacial score (nSPS) is 16.2. The summed E-state index contributed by atoms with van der Waals surface area (Å²) in [6.07, 6.45) is 15.4. The van der Waals surface area contributed by atoms with E-state index in [0.717, 1.165) is 103 Å². The molecule has 7 heterocycles. The van der Waals surface area contributed by atoms with E-state index < -0.39 is 0 Å². The summed E-state index contributed by atoms with van der Waals surface area (Å²) >= 11 is 0. The molecule has 0 unspecified atom stereocenters. The van der Waals surface area contributed by atoms with E-state index in [0.29, 0.717) is 46.1 Å². The van der Waals surface area contributed by atoms with E-state index in [2.05, 4.69) is 61.9 Å². The lowest BCUT2D eigenvalue weighted by Gasteiger charge is -2.06. The van der Waals surface area contributed by atoms with Gasteiger partial charge in [-0.2, -0.15) is 9.59 Å². The fourth-order valence-corrected chi connectivity index (χ4v) is 6.12. The standard InChI is InChI=1S/C32H42N18/c1-3-7-11-21-47-31(37-41-45-47)27-19-15-18-26(33-27)30-36-44-50(40-30)24-14-10-6-2-4-8-12-22-48-32(38-42-46-48)28-20-16-17-25(34-28)29-35-43-49(39-29)23-13-9-5-1/h15-20H,1-14,21-24H2. The van der Waals surface area contributed by atoms with E-state index in [-0.39, 0.29) is 0 Å². The molecule has 0 fully saturated rings. The number of nitrogens with zero attached hydrogens (tertiary/aromatic N) is 18. The fraction of sp³-hybridized carbons (Fsp3) is 0.562. The molecule has 0 radical (unpaired) electrons. The Morgan fingerprint density at radius 2 is 0.760 bits per heavy atom. The minimum Gasteiger partial charge on any atom is -0.241 e. The van der Waals surface area contributed by atoms with Crippen LogP contribution in [-0.4, -0.2) is 90.8 Å². The van der Waals surface area contributed by atoms with Gasteiger partial charge in [0, 0.05) is 13.1 Å². The van der Waals surface area contributed by atoms with Crippen molar-refractivity contribution in [2.24, 2.45) is 0 Å². The van der Waals surface area contributed by atoms with Gasteiger partial charge in [0.25, 0.3) is 0 Å². The van der Waals surface area contributed by atoms with Gasteiger partial charge in [-0.05, 0) is 81.2 Å². The number of tetrazole rings is 4. The number of rotatable bonds is 0. The fourth-order valence-electron chi connectivity index (χ4n) is 6.12. The third-order valence-corrected chi connectivity index (χ3v) is 8.84. The molecule has 1 aliphatic rings. The van der Waals surface area contributed by atoms with E-state index in [1.807, 2.05) is 45.8 Å². The van der Waals surface area contributed by atoms with Crippen molar-refractivity contribution < 1.29 is 0 Å². The predicted octanol–water partition coefficient (Wildman–Crippen LogP) is 4.27. The number of aryl methyl sites for hydroxylation is 4. The van der Waals surface area contributed by atoms with Crippen LogP contribution in [0.15, 0.2) is 36.4 Å². The maximum atomic E-state index is 4.78. The molecular weight excluding hydrogens is 636 g/mol. The van der Waals surface area contributed by atoms with Crippen LogP contribution in [-0.2, 0) is 26.2 Å². The highest BCUT2D eigenvalue weighted by Crippen LogP contribution is 2.21. The van der Waals surface area contributed by atoms with E-state index in [9.17, 15) is 0 Å². The summed E-state index contributed by atoms with van der Waals surface area (Å²) in [5, 5.41) is 51.1. The molecule has 7 rings (SSSR count). The number of hydrogen-bond acceptors (Lipinski definition) is 14. The molecule has 0 aliphatic carbocycles. The molecule has 0 saturated carbocycles. The van der Waals surface area contributed by atoms with E-state index in [1.54, 1.807) is 9.59 Å². The highest BCUT2D eigenvalue weighted by atomic mass is 15.6. The highest BCUT2D eigenvalue weighted by Gasteiger charge is 2.16. The second-order valence-corrected chi connectivity index (χ2v) is 12.6. The van der Waals surface area contributed by atoms with Crippen LogP contribution in [0.25, 0.3) is 46.1 Å². The molecule has 0 aromatic carbocycles. The Hall–Kier alpha value is -5.42. The molecule has 6 aromatic rings. The van der Waals surface area contributed by atoms with Crippen molar-refractivity contribution in [1.29, 1.82) is 0 Å². The minimum absolute atomic E-state index is 0.500. The molecule has 0 N–H and O–H groups in total. The van der Waals surface area contributed by atoms with Crippen LogP contribution in [0.1, 0.15) is 89.9 Å². The third kappa shape index (κ3) is 8.59. The van der Waals surface area contributed by atoms with Gasteiger partial charge in [-0.3, -0.25) is 0 Å². The third-order valence-electron chi connectivity index (χ3n) is 8.84. The van der Waals surface area contributed by atoms with Crippen molar-refractivity contribution >= 4 is 0 Å². The van der Waals surface area contributed by atoms with Crippen LogP contribution in [0.3, 0.4) is 0 Å². The quantitative estimate of drug-likeness (QED) is 0.220. The first kappa shape index (κ1) is 33.1. The zero-order chi connectivity index (χ0) is 33.8. The van der Waals surface area contributed by atoms with Crippen molar-refractivity contribution in [1.82, 2.24) is 90.8 Å². The monoisotopic (exact) mass is 678 g/mol.